The van der Waals surface area contributed by atoms with Gasteiger partial charge in [0.2, 0.25) is 0 Å². The molecule has 0 saturated carbocycles. The summed E-state index contributed by atoms with van der Waals surface area (Å²) in [4.78, 5) is 17.4. The van der Waals surface area contributed by atoms with E-state index in [4.69, 9.17) is 4.84 Å². The van der Waals surface area contributed by atoms with Gasteiger partial charge >= 0.3 is 0 Å². The molecule has 0 radical (unpaired) electrons. The van der Waals surface area contributed by atoms with E-state index in [0.29, 0.717) is 5.56 Å². The maximum Gasteiger partial charge on any atom is 0.282 e. The summed E-state index contributed by atoms with van der Waals surface area (Å²) in [6.07, 6.45) is 1.95. The number of amides is 1. The predicted molar refractivity (Wildman–Crippen MR) is 73.9 cm³/mol. The largest absolute Gasteiger partial charge is 0.282 e. The number of fused-ring (bicyclic) bond motifs is 1. The van der Waals surface area contributed by atoms with Crippen molar-refractivity contribution in [2.75, 3.05) is 7.11 Å². The summed E-state index contributed by atoms with van der Waals surface area (Å²) >= 11 is 0. The molecule has 0 aliphatic carbocycles. The zero-order valence-corrected chi connectivity index (χ0v) is 10.5. The highest BCUT2D eigenvalue weighted by Crippen LogP contribution is 2.33. The molecule has 1 heterocycles. The van der Waals surface area contributed by atoms with Gasteiger partial charge in [0.15, 0.2) is 0 Å². The van der Waals surface area contributed by atoms with Gasteiger partial charge in [-0.1, -0.05) is 48.5 Å². The SMILES string of the molecule is CON1C(=O)c2ccccc2/C1=C\c1ccccc1. The van der Waals surface area contributed by atoms with Crippen LogP contribution in [0.3, 0.4) is 0 Å². The van der Waals surface area contributed by atoms with Crippen molar-refractivity contribution in [3.63, 3.8) is 0 Å². The third-order valence-corrected chi connectivity index (χ3v) is 3.12. The molecule has 1 aliphatic rings. The average Bonchev–Trinajstić information content (AvgIpc) is 2.73. The maximum atomic E-state index is 12.2. The van der Waals surface area contributed by atoms with E-state index in [9.17, 15) is 4.79 Å². The molecule has 0 N–H and O–H groups in total. The number of hydrogen-bond donors (Lipinski definition) is 0. The van der Waals surface area contributed by atoms with Crippen LogP contribution in [0.5, 0.6) is 0 Å². The average molecular weight is 251 g/mol. The number of rotatable bonds is 2. The molecule has 19 heavy (non-hydrogen) atoms. The summed E-state index contributed by atoms with van der Waals surface area (Å²) in [6.45, 7) is 0. The van der Waals surface area contributed by atoms with Gasteiger partial charge in [-0.05, 0) is 17.7 Å². The molecule has 3 rings (SSSR count). The van der Waals surface area contributed by atoms with Crippen molar-refractivity contribution in [3.05, 3.63) is 71.3 Å². The summed E-state index contributed by atoms with van der Waals surface area (Å²) in [7, 11) is 1.50. The molecule has 3 nitrogen and oxygen atoms in total. The molecule has 1 amide bonds. The second-order valence-electron chi connectivity index (χ2n) is 4.27. The Morgan fingerprint density at radius 2 is 1.58 bits per heavy atom. The summed E-state index contributed by atoms with van der Waals surface area (Å²) in [6, 6.07) is 17.4. The van der Waals surface area contributed by atoms with Gasteiger partial charge in [0.1, 0.15) is 0 Å². The Balaban J connectivity index is 2.14. The Hall–Kier alpha value is -2.39. The van der Waals surface area contributed by atoms with Crippen LogP contribution in [0.15, 0.2) is 54.6 Å². The molecule has 2 aromatic rings. The van der Waals surface area contributed by atoms with Crippen molar-refractivity contribution in [2.24, 2.45) is 0 Å². The highest BCUT2D eigenvalue weighted by Gasteiger charge is 2.32. The lowest BCUT2D eigenvalue weighted by atomic mass is 10.1. The fourth-order valence-corrected chi connectivity index (χ4v) is 2.25. The smallest absolute Gasteiger partial charge is 0.269 e. The van der Waals surface area contributed by atoms with E-state index in [0.717, 1.165) is 16.8 Å². The first-order valence-electron chi connectivity index (χ1n) is 6.06. The van der Waals surface area contributed by atoms with Gasteiger partial charge in [0, 0.05) is 5.56 Å². The molecule has 0 saturated heterocycles. The quantitative estimate of drug-likeness (QED) is 0.820. The first-order valence-corrected chi connectivity index (χ1v) is 6.06. The van der Waals surface area contributed by atoms with Crippen LogP contribution in [0.25, 0.3) is 11.8 Å². The Labute approximate surface area is 111 Å². The lowest BCUT2D eigenvalue weighted by molar-refractivity contribution is -0.0451. The Morgan fingerprint density at radius 3 is 2.26 bits per heavy atom. The lowest BCUT2D eigenvalue weighted by Gasteiger charge is -2.14. The van der Waals surface area contributed by atoms with Crippen molar-refractivity contribution in [3.8, 4) is 0 Å². The standard InChI is InChI=1S/C16H13NO2/c1-19-17-15(11-12-7-3-2-4-8-12)13-9-5-6-10-14(13)16(17)18/h2-11H,1H3/b15-11+. The third kappa shape index (κ3) is 1.94. The van der Waals surface area contributed by atoms with E-state index in [1.165, 1.54) is 12.2 Å². The molecule has 94 valence electrons. The van der Waals surface area contributed by atoms with Crippen LogP contribution in [0.2, 0.25) is 0 Å². The second-order valence-corrected chi connectivity index (χ2v) is 4.27. The fourth-order valence-electron chi connectivity index (χ4n) is 2.25. The monoisotopic (exact) mass is 251 g/mol. The number of carbonyl (C=O) groups excluding carboxylic acids is 1. The molecule has 3 heteroatoms. The van der Waals surface area contributed by atoms with Crippen molar-refractivity contribution in [2.45, 2.75) is 0 Å². The maximum absolute atomic E-state index is 12.2. The molecule has 0 unspecified atom stereocenters. The molecular weight excluding hydrogens is 238 g/mol. The first kappa shape index (κ1) is 11.7. The van der Waals surface area contributed by atoms with Crippen molar-refractivity contribution >= 4 is 17.7 Å². The van der Waals surface area contributed by atoms with E-state index in [1.807, 2.05) is 60.7 Å². The van der Waals surface area contributed by atoms with Crippen molar-refractivity contribution < 1.29 is 9.63 Å². The van der Waals surface area contributed by atoms with Gasteiger partial charge in [-0.2, -0.15) is 5.06 Å². The van der Waals surface area contributed by atoms with Crippen LogP contribution in [0.4, 0.5) is 0 Å². The van der Waals surface area contributed by atoms with Crippen LogP contribution in [-0.2, 0) is 4.84 Å². The predicted octanol–water partition coefficient (Wildman–Crippen LogP) is 3.20. The highest BCUT2D eigenvalue weighted by atomic mass is 16.7. The molecule has 0 fully saturated rings. The second kappa shape index (κ2) is 4.71. The first-order chi connectivity index (χ1) is 9.31. The number of carbonyl (C=O) groups is 1. The summed E-state index contributed by atoms with van der Waals surface area (Å²) in [5.74, 6) is -0.125. The summed E-state index contributed by atoms with van der Waals surface area (Å²) in [5, 5.41) is 1.33. The van der Waals surface area contributed by atoms with E-state index in [2.05, 4.69) is 0 Å². The molecule has 0 bridgehead atoms. The van der Waals surface area contributed by atoms with Gasteiger partial charge in [0.25, 0.3) is 5.91 Å². The van der Waals surface area contributed by atoms with Crippen LogP contribution in [0.1, 0.15) is 21.5 Å². The van der Waals surface area contributed by atoms with Crippen LogP contribution >= 0.6 is 0 Å². The zero-order chi connectivity index (χ0) is 13.2. The number of benzene rings is 2. The zero-order valence-electron chi connectivity index (χ0n) is 10.5. The lowest BCUT2D eigenvalue weighted by Crippen LogP contribution is -2.21. The van der Waals surface area contributed by atoms with Gasteiger partial charge in [0.05, 0.1) is 18.4 Å². The van der Waals surface area contributed by atoms with Crippen LogP contribution in [-0.4, -0.2) is 18.1 Å². The molecule has 0 spiro atoms. The number of nitrogens with zero attached hydrogens (tertiary/aromatic N) is 1. The van der Waals surface area contributed by atoms with Gasteiger partial charge in [-0.3, -0.25) is 9.63 Å². The minimum Gasteiger partial charge on any atom is -0.269 e. The Bertz CT molecular complexity index is 647. The molecular formula is C16H13NO2. The highest BCUT2D eigenvalue weighted by molar-refractivity contribution is 6.10. The Morgan fingerprint density at radius 1 is 0.947 bits per heavy atom. The molecule has 2 aromatic carbocycles. The molecule has 0 atom stereocenters. The fraction of sp³-hybridized carbons (Fsp3) is 0.0625. The van der Waals surface area contributed by atoms with Crippen molar-refractivity contribution in [1.29, 1.82) is 0 Å². The van der Waals surface area contributed by atoms with Crippen LogP contribution < -0.4 is 0 Å². The topological polar surface area (TPSA) is 29.5 Å². The molecule has 1 aliphatic heterocycles. The van der Waals surface area contributed by atoms with E-state index >= 15 is 0 Å². The van der Waals surface area contributed by atoms with Crippen LogP contribution in [0, 0.1) is 0 Å². The molecule has 0 aromatic heterocycles. The summed E-state index contributed by atoms with van der Waals surface area (Å²) in [5.41, 5.74) is 3.38. The normalized spacial score (nSPS) is 15.9. The van der Waals surface area contributed by atoms with Gasteiger partial charge < -0.3 is 0 Å². The minimum atomic E-state index is -0.125. The van der Waals surface area contributed by atoms with E-state index < -0.39 is 0 Å². The summed E-state index contributed by atoms with van der Waals surface area (Å²) < 4.78 is 0. The number of hydroxylamine groups is 2. The van der Waals surface area contributed by atoms with Gasteiger partial charge in [-0.15, -0.1) is 0 Å². The van der Waals surface area contributed by atoms with E-state index in [-0.39, 0.29) is 5.91 Å². The third-order valence-electron chi connectivity index (χ3n) is 3.12. The van der Waals surface area contributed by atoms with E-state index in [1.54, 1.807) is 0 Å². The minimum absolute atomic E-state index is 0.125. The Kier molecular flexibility index (Phi) is 2.89. The van der Waals surface area contributed by atoms with Crippen molar-refractivity contribution in [1.82, 2.24) is 5.06 Å². The van der Waals surface area contributed by atoms with Gasteiger partial charge in [-0.25, -0.2) is 0 Å². The number of hydrogen-bond acceptors (Lipinski definition) is 2.